The fraction of sp³-hybridized carbons (Fsp3) is 0.300. The van der Waals surface area contributed by atoms with Crippen LogP contribution in [0.1, 0.15) is 29.9 Å². The van der Waals surface area contributed by atoms with Gasteiger partial charge in [-0.25, -0.2) is 4.39 Å². The molecule has 3 rings (SSSR count). The van der Waals surface area contributed by atoms with Crippen molar-refractivity contribution in [3.8, 4) is 0 Å². The number of primary amides is 1. The predicted molar refractivity (Wildman–Crippen MR) is 92.9 cm³/mol. The lowest BCUT2D eigenvalue weighted by Crippen LogP contribution is -2.35. The normalized spacial score (nSPS) is 18.6. The summed E-state index contributed by atoms with van der Waals surface area (Å²) in [5.74, 6) is -0.655. The van der Waals surface area contributed by atoms with Crippen LogP contribution < -0.4 is 5.73 Å². The van der Waals surface area contributed by atoms with Gasteiger partial charge < -0.3 is 10.6 Å². The number of nitrogens with zero attached hydrogens (tertiary/aromatic N) is 1. The van der Waals surface area contributed by atoms with Crippen molar-refractivity contribution < 1.29 is 14.0 Å². The summed E-state index contributed by atoms with van der Waals surface area (Å²) in [5.41, 5.74) is 7.24. The highest BCUT2D eigenvalue weighted by atomic mass is 19.1. The quantitative estimate of drug-likeness (QED) is 0.842. The molecule has 4 nitrogen and oxygen atoms in total. The van der Waals surface area contributed by atoms with E-state index < -0.39 is 5.91 Å². The van der Waals surface area contributed by atoms with Crippen molar-refractivity contribution in [2.24, 2.45) is 11.7 Å². The van der Waals surface area contributed by atoms with E-state index in [1.165, 1.54) is 12.1 Å². The van der Waals surface area contributed by atoms with Crippen LogP contribution in [-0.2, 0) is 16.1 Å². The van der Waals surface area contributed by atoms with Crippen LogP contribution in [0, 0.1) is 11.7 Å². The molecule has 130 valence electrons. The van der Waals surface area contributed by atoms with Gasteiger partial charge in [0, 0.05) is 25.4 Å². The van der Waals surface area contributed by atoms with E-state index in [9.17, 15) is 14.0 Å². The molecule has 2 N–H and O–H groups in total. The molecule has 0 spiro atoms. The number of hydrogen-bond acceptors (Lipinski definition) is 2. The first kappa shape index (κ1) is 17.1. The maximum absolute atomic E-state index is 13.1. The van der Waals surface area contributed by atoms with E-state index in [4.69, 9.17) is 5.73 Å². The van der Waals surface area contributed by atoms with Crippen molar-refractivity contribution in [1.29, 1.82) is 0 Å². The van der Waals surface area contributed by atoms with Crippen LogP contribution >= 0.6 is 0 Å². The van der Waals surface area contributed by atoms with Gasteiger partial charge in [-0.05, 0) is 35.6 Å². The second-order valence-electron chi connectivity index (χ2n) is 6.46. The fourth-order valence-corrected chi connectivity index (χ4v) is 3.10. The van der Waals surface area contributed by atoms with Crippen LogP contribution in [0.3, 0.4) is 0 Å². The van der Waals surface area contributed by atoms with Crippen molar-refractivity contribution in [1.82, 2.24) is 4.90 Å². The Morgan fingerprint density at radius 3 is 2.40 bits per heavy atom. The van der Waals surface area contributed by atoms with Crippen LogP contribution in [0.15, 0.2) is 54.6 Å². The molecule has 1 aliphatic rings. The third kappa shape index (κ3) is 4.44. The molecule has 25 heavy (non-hydrogen) atoms. The van der Waals surface area contributed by atoms with Crippen LogP contribution in [0.2, 0.25) is 0 Å². The Bertz CT molecular complexity index is 746. The summed E-state index contributed by atoms with van der Waals surface area (Å²) < 4.78 is 13.1. The van der Waals surface area contributed by atoms with E-state index in [0.717, 1.165) is 17.5 Å². The Morgan fingerprint density at radius 2 is 1.76 bits per heavy atom. The number of nitrogens with two attached hydrogens (primary N) is 1. The highest BCUT2D eigenvalue weighted by Gasteiger charge is 2.45. The zero-order chi connectivity index (χ0) is 17.8. The van der Waals surface area contributed by atoms with Crippen molar-refractivity contribution >= 4 is 11.8 Å². The molecule has 0 unspecified atom stereocenters. The average Bonchev–Trinajstić information content (AvgIpc) is 3.40. The summed E-state index contributed by atoms with van der Waals surface area (Å²) >= 11 is 0. The van der Waals surface area contributed by atoms with E-state index in [1.807, 2.05) is 30.3 Å². The molecular weight excluding hydrogens is 319 g/mol. The van der Waals surface area contributed by atoms with Crippen molar-refractivity contribution in [2.75, 3.05) is 6.54 Å². The highest BCUT2D eigenvalue weighted by molar-refractivity contribution is 5.83. The monoisotopic (exact) mass is 340 g/mol. The van der Waals surface area contributed by atoms with Gasteiger partial charge in [-0.3, -0.25) is 9.59 Å². The highest BCUT2D eigenvalue weighted by Crippen LogP contribution is 2.48. The Hall–Kier alpha value is -2.69. The first-order valence-corrected chi connectivity index (χ1v) is 8.41. The van der Waals surface area contributed by atoms with E-state index >= 15 is 0 Å². The van der Waals surface area contributed by atoms with Gasteiger partial charge >= 0.3 is 0 Å². The standard InChI is InChI=1S/C20H21FN2O2/c21-16-8-6-15(7-9-16)17-12-18(17)20(25)23(11-10-19(22)24)13-14-4-2-1-3-5-14/h1-9,17-18H,10-13H2,(H2,22,24)/t17-,18+/m0/s1. The smallest absolute Gasteiger partial charge is 0.226 e. The van der Waals surface area contributed by atoms with E-state index in [0.29, 0.717) is 13.1 Å². The zero-order valence-electron chi connectivity index (χ0n) is 13.9. The molecule has 1 fully saturated rings. The Labute approximate surface area is 146 Å². The maximum Gasteiger partial charge on any atom is 0.226 e. The lowest BCUT2D eigenvalue weighted by atomic mass is 10.1. The summed E-state index contributed by atoms with van der Waals surface area (Å²) in [7, 11) is 0. The number of amides is 2. The summed E-state index contributed by atoms with van der Waals surface area (Å²) in [5, 5.41) is 0. The third-order valence-electron chi connectivity index (χ3n) is 4.56. The van der Waals surface area contributed by atoms with Crippen molar-refractivity contribution in [3.05, 3.63) is 71.5 Å². The zero-order valence-corrected chi connectivity index (χ0v) is 13.9. The maximum atomic E-state index is 13.1. The minimum Gasteiger partial charge on any atom is -0.370 e. The van der Waals surface area contributed by atoms with E-state index in [-0.39, 0.29) is 30.0 Å². The van der Waals surface area contributed by atoms with E-state index in [1.54, 1.807) is 17.0 Å². The lowest BCUT2D eigenvalue weighted by Gasteiger charge is -2.22. The minimum absolute atomic E-state index is 0.0272. The van der Waals surface area contributed by atoms with Gasteiger partial charge in [0.15, 0.2) is 0 Å². The SMILES string of the molecule is NC(=O)CCN(Cc1ccccc1)C(=O)[C@@H]1C[C@H]1c1ccc(F)cc1. The molecule has 0 radical (unpaired) electrons. The van der Waals surface area contributed by atoms with Crippen molar-refractivity contribution in [2.45, 2.75) is 25.3 Å². The number of halogens is 1. The molecule has 2 aromatic rings. The molecule has 2 atom stereocenters. The lowest BCUT2D eigenvalue weighted by molar-refractivity contribution is -0.133. The molecule has 2 aromatic carbocycles. The molecule has 0 heterocycles. The average molecular weight is 340 g/mol. The summed E-state index contributed by atoms with van der Waals surface area (Å²) in [6.07, 6.45) is 0.902. The molecule has 0 saturated heterocycles. The number of rotatable bonds is 7. The summed E-state index contributed by atoms with van der Waals surface area (Å²) in [6, 6.07) is 16.0. The molecule has 5 heteroatoms. The second-order valence-corrected chi connectivity index (χ2v) is 6.46. The topological polar surface area (TPSA) is 63.4 Å². The Balaban J connectivity index is 1.68. The van der Waals surface area contributed by atoms with Crippen molar-refractivity contribution in [3.63, 3.8) is 0 Å². The molecule has 0 bridgehead atoms. The molecule has 0 aromatic heterocycles. The van der Waals surface area contributed by atoms with Crippen LogP contribution in [0.5, 0.6) is 0 Å². The van der Waals surface area contributed by atoms with Gasteiger partial charge in [0.1, 0.15) is 5.82 Å². The first-order chi connectivity index (χ1) is 12.0. The molecule has 1 aliphatic carbocycles. The van der Waals surface area contributed by atoms with Gasteiger partial charge in [0.05, 0.1) is 0 Å². The van der Waals surface area contributed by atoms with Gasteiger partial charge in [0.25, 0.3) is 0 Å². The summed E-state index contributed by atoms with van der Waals surface area (Å²) in [4.78, 5) is 25.7. The van der Waals surface area contributed by atoms with Crippen LogP contribution in [0.25, 0.3) is 0 Å². The fourth-order valence-electron chi connectivity index (χ4n) is 3.10. The summed E-state index contributed by atoms with van der Waals surface area (Å²) in [6.45, 7) is 0.773. The van der Waals surface area contributed by atoms with Gasteiger partial charge in [-0.1, -0.05) is 42.5 Å². The first-order valence-electron chi connectivity index (χ1n) is 8.41. The largest absolute Gasteiger partial charge is 0.370 e. The van der Waals surface area contributed by atoms with Crippen LogP contribution in [0.4, 0.5) is 4.39 Å². The molecule has 0 aliphatic heterocycles. The number of carbonyl (C=O) groups excluding carboxylic acids is 2. The number of benzene rings is 2. The molecular formula is C20H21FN2O2. The van der Waals surface area contributed by atoms with Gasteiger partial charge in [-0.15, -0.1) is 0 Å². The molecule has 2 amide bonds. The number of hydrogen-bond donors (Lipinski definition) is 1. The molecule has 1 saturated carbocycles. The van der Waals surface area contributed by atoms with Gasteiger partial charge in [0.2, 0.25) is 11.8 Å². The van der Waals surface area contributed by atoms with Gasteiger partial charge in [-0.2, -0.15) is 0 Å². The minimum atomic E-state index is -0.420. The second kappa shape index (κ2) is 7.47. The Morgan fingerprint density at radius 1 is 1.08 bits per heavy atom. The van der Waals surface area contributed by atoms with E-state index in [2.05, 4.69) is 0 Å². The number of carbonyl (C=O) groups is 2. The third-order valence-corrected chi connectivity index (χ3v) is 4.56. The predicted octanol–water partition coefficient (Wildman–Crippen LogP) is 2.83. The Kier molecular flexibility index (Phi) is 5.12. The van der Waals surface area contributed by atoms with Crippen LogP contribution in [-0.4, -0.2) is 23.3 Å².